The summed E-state index contributed by atoms with van der Waals surface area (Å²) in [5, 5.41) is 2.77. The topological polar surface area (TPSA) is 96.2 Å². The number of H-pyrrole nitrogens is 2. The molecule has 2 aromatic carbocycles. The summed E-state index contributed by atoms with van der Waals surface area (Å²) in [5.74, 6) is 1.26. The summed E-state index contributed by atoms with van der Waals surface area (Å²) in [7, 11) is 1.60. The molecule has 0 saturated carbocycles. The van der Waals surface area contributed by atoms with Gasteiger partial charge in [0.2, 0.25) is 5.91 Å². The zero-order valence-corrected chi connectivity index (χ0v) is 13.1. The first-order valence-corrected chi connectivity index (χ1v) is 7.43. The van der Waals surface area contributed by atoms with Crippen LogP contribution in [0.3, 0.4) is 0 Å². The number of nitrogens with one attached hydrogen (secondary N) is 3. The maximum absolute atomic E-state index is 12.0. The van der Waals surface area contributed by atoms with Crippen LogP contribution in [0.15, 0.2) is 47.3 Å². The Labute approximate surface area is 137 Å². The van der Waals surface area contributed by atoms with Crippen LogP contribution in [-0.2, 0) is 4.79 Å². The molecule has 0 atom stereocenters. The van der Waals surface area contributed by atoms with Crippen LogP contribution in [-0.4, -0.2) is 29.6 Å². The van der Waals surface area contributed by atoms with Crippen molar-refractivity contribution in [3.63, 3.8) is 0 Å². The lowest BCUT2D eigenvalue weighted by atomic mass is 10.2. The molecule has 0 aliphatic heterocycles. The van der Waals surface area contributed by atoms with Crippen LogP contribution in [0.5, 0.6) is 11.5 Å². The molecular formula is C17H17N3O4. The summed E-state index contributed by atoms with van der Waals surface area (Å²) >= 11 is 0. The number of anilines is 1. The highest BCUT2D eigenvalue weighted by atomic mass is 16.5. The minimum absolute atomic E-state index is 0.166. The Kier molecular flexibility index (Phi) is 4.51. The first-order valence-electron chi connectivity index (χ1n) is 7.43. The monoisotopic (exact) mass is 327 g/mol. The largest absolute Gasteiger partial charge is 0.497 e. The lowest BCUT2D eigenvalue weighted by molar-refractivity contribution is -0.116. The molecule has 124 valence electrons. The minimum atomic E-state index is -0.277. The lowest BCUT2D eigenvalue weighted by Gasteiger charge is -2.08. The van der Waals surface area contributed by atoms with E-state index in [1.165, 1.54) is 0 Å². The zero-order chi connectivity index (χ0) is 16.9. The van der Waals surface area contributed by atoms with Crippen LogP contribution in [0.4, 0.5) is 5.69 Å². The molecule has 1 amide bonds. The molecule has 0 unspecified atom stereocenters. The maximum atomic E-state index is 12.0. The van der Waals surface area contributed by atoms with E-state index in [1.807, 2.05) is 0 Å². The van der Waals surface area contributed by atoms with Crippen molar-refractivity contribution in [2.24, 2.45) is 0 Å². The summed E-state index contributed by atoms with van der Waals surface area (Å²) in [6.07, 6.45) is 0.216. The average Bonchev–Trinajstić information content (AvgIpc) is 2.95. The predicted molar refractivity (Wildman–Crippen MR) is 90.7 cm³/mol. The Morgan fingerprint density at radius 1 is 1.04 bits per heavy atom. The summed E-state index contributed by atoms with van der Waals surface area (Å²) < 4.78 is 10.6. The number of aromatic nitrogens is 2. The number of rotatable bonds is 6. The molecule has 0 bridgehead atoms. The van der Waals surface area contributed by atoms with Gasteiger partial charge in [0.05, 0.1) is 31.2 Å². The number of amides is 1. The van der Waals surface area contributed by atoms with E-state index in [-0.39, 0.29) is 24.6 Å². The van der Waals surface area contributed by atoms with Crippen molar-refractivity contribution in [3.8, 4) is 11.5 Å². The van der Waals surface area contributed by atoms with E-state index < -0.39 is 0 Å². The van der Waals surface area contributed by atoms with Crippen molar-refractivity contribution in [3.05, 3.63) is 52.9 Å². The summed E-state index contributed by atoms with van der Waals surface area (Å²) in [6, 6.07) is 12.3. The van der Waals surface area contributed by atoms with Crippen molar-refractivity contribution < 1.29 is 14.3 Å². The van der Waals surface area contributed by atoms with E-state index in [4.69, 9.17) is 9.47 Å². The van der Waals surface area contributed by atoms with Gasteiger partial charge in [-0.05, 0) is 42.5 Å². The van der Waals surface area contributed by atoms with Crippen molar-refractivity contribution in [1.82, 2.24) is 9.97 Å². The van der Waals surface area contributed by atoms with E-state index in [1.54, 1.807) is 49.6 Å². The number of hydrogen-bond donors (Lipinski definition) is 3. The molecule has 3 rings (SSSR count). The Balaban J connectivity index is 1.51. The number of aromatic amines is 2. The number of ether oxygens (including phenoxy) is 2. The number of fused-ring (bicyclic) bond motifs is 1. The van der Waals surface area contributed by atoms with Gasteiger partial charge in [-0.2, -0.15) is 0 Å². The van der Waals surface area contributed by atoms with E-state index in [2.05, 4.69) is 15.3 Å². The van der Waals surface area contributed by atoms with Crippen LogP contribution in [0, 0.1) is 0 Å². The Hall–Kier alpha value is -3.22. The molecule has 0 aliphatic rings. The molecule has 7 heteroatoms. The first kappa shape index (κ1) is 15.7. The number of benzene rings is 2. The van der Waals surface area contributed by atoms with Crippen molar-refractivity contribution >= 4 is 22.6 Å². The molecule has 1 aromatic heterocycles. The fourth-order valence-corrected chi connectivity index (χ4v) is 2.27. The third-order valence-electron chi connectivity index (χ3n) is 3.46. The van der Waals surface area contributed by atoms with Gasteiger partial charge in [-0.3, -0.25) is 4.79 Å². The van der Waals surface area contributed by atoms with E-state index in [9.17, 15) is 9.59 Å². The summed E-state index contributed by atoms with van der Waals surface area (Å²) in [5.41, 5.74) is 1.68. The van der Waals surface area contributed by atoms with E-state index in [0.29, 0.717) is 22.5 Å². The van der Waals surface area contributed by atoms with Gasteiger partial charge in [0.1, 0.15) is 11.5 Å². The lowest BCUT2D eigenvalue weighted by Crippen LogP contribution is -2.15. The van der Waals surface area contributed by atoms with Crippen LogP contribution < -0.4 is 20.5 Å². The molecule has 0 saturated heterocycles. The van der Waals surface area contributed by atoms with E-state index >= 15 is 0 Å². The second-order valence-corrected chi connectivity index (χ2v) is 5.16. The predicted octanol–water partition coefficient (Wildman–Crippen LogP) is 2.27. The average molecular weight is 327 g/mol. The zero-order valence-electron chi connectivity index (χ0n) is 13.1. The molecule has 0 radical (unpaired) electrons. The fraction of sp³-hybridized carbons (Fsp3) is 0.176. The van der Waals surface area contributed by atoms with Gasteiger partial charge in [-0.15, -0.1) is 0 Å². The van der Waals surface area contributed by atoms with Gasteiger partial charge in [0, 0.05) is 5.69 Å². The summed E-state index contributed by atoms with van der Waals surface area (Å²) in [6.45, 7) is 0.265. The molecule has 0 fully saturated rings. The fourth-order valence-electron chi connectivity index (χ4n) is 2.27. The van der Waals surface area contributed by atoms with E-state index in [0.717, 1.165) is 5.75 Å². The second kappa shape index (κ2) is 6.91. The van der Waals surface area contributed by atoms with Crippen LogP contribution >= 0.6 is 0 Å². The molecular weight excluding hydrogens is 310 g/mol. The quantitative estimate of drug-likeness (QED) is 0.647. The third kappa shape index (κ3) is 3.75. The number of carbonyl (C=O) groups is 1. The molecule has 24 heavy (non-hydrogen) atoms. The molecule has 1 heterocycles. The Bertz CT molecular complexity index is 896. The molecule has 3 N–H and O–H groups in total. The third-order valence-corrected chi connectivity index (χ3v) is 3.46. The molecule has 7 nitrogen and oxygen atoms in total. The van der Waals surface area contributed by atoms with Gasteiger partial charge < -0.3 is 24.8 Å². The Morgan fingerprint density at radius 2 is 1.75 bits per heavy atom. The van der Waals surface area contributed by atoms with Crippen molar-refractivity contribution in [2.45, 2.75) is 6.42 Å². The van der Waals surface area contributed by atoms with Gasteiger partial charge in [-0.1, -0.05) is 0 Å². The molecule has 3 aromatic rings. The van der Waals surface area contributed by atoms with Gasteiger partial charge >= 0.3 is 5.69 Å². The highest BCUT2D eigenvalue weighted by Crippen LogP contribution is 2.17. The molecule has 0 spiro atoms. The number of imidazole rings is 1. The normalized spacial score (nSPS) is 10.5. The Morgan fingerprint density at radius 3 is 2.50 bits per heavy atom. The molecule has 0 aliphatic carbocycles. The van der Waals surface area contributed by atoms with Crippen molar-refractivity contribution in [1.29, 1.82) is 0 Å². The van der Waals surface area contributed by atoms with Crippen molar-refractivity contribution in [2.75, 3.05) is 19.0 Å². The smallest absolute Gasteiger partial charge is 0.323 e. The number of methoxy groups -OCH3 is 1. The van der Waals surface area contributed by atoms with Crippen LogP contribution in [0.2, 0.25) is 0 Å². The van der Waals surface area contributed by atoms with Gasteiger partial charge in [-0.25, -0.2) is 4.79 Å². The maximum Gasteiger partial charge on any atom is 0.323 e. The standard InChI is InChI=1S/C17H17N3O4/c1-23-12-3-5-13(6-4-12)24-9-8-16(21)18-11-2-7-14-15(10-11)20-17(22)19-14/h2-7,10H,8-9H2,1H3,(H,18,21)(H2,19,20,22). The first-order chi connectivity index (χ1) is 11.6. The van der Waals surface area contributed by atoms with Gasteiger partial charge in [0.25, 0.3) is 0 Å². The number of carbonyl (C=O) groups excluding carboxylic acids is 1. The highest BCUT2D eigenvalue weighted by Gasteiger charge is 2.05. The summed E-state index contributed by atoms with van der Waals surface area (Å²) in [4.78, 5) is 28.5. The van der Waals surface area contributed by atoms with Crippen LogP contribution in [0.1, 0.15) is 6.42 Å². The minimum Gasteiger partial charge on any atom is -0.497 e. The van der Waals surface area contributed by atoms with Gasteiger partial charge in [0.15, 0.2) is 0 Å². The SMILES string of the molecule is COc1ccc(OCCC(=O)Nc2ccc3[nH]c(=O)[nH]c3c2)cc1. The second-order valence-electron chi connectivity index (χ2n) is 5.16. The van der Waals surface area contributed by atoms with Crippen LogP contribution in [0.25, 0.3) is 11.0 Å². The number of hydrogen-bond acceptors (Lipinski definition) is 4. The highest BCUT2D eigenvalue weighted by molar-refractivity contribution is 5.93.